The molecule has 0 bridgehead atoms. The molecule has 2 heterocycles. The van der Waals surface area contributed by atoms with Crippen LogP contribution in [0, 0.1) is 6.92 Å². The summed E-state index contributed by atoms with van der Waals surface area (Å²) >= 11 is 0. The van der Waals surface area contributed by atoms with Gasteiger partial charge in [0.1, 0.15) is 11.5 Å². The lowest BCUT2D eigenvalue weighted by atomic mass is 10.1. The summed E-state index contributed by atoms with van der Waals surface area (Å²) in [7, 11) is 0. The van der Waals surface area contributed by atoms with Crippen LogP contribution in [0.1, 0.15) is 16.7 Å². The molecule has 114 valence electrons. The molecule has 5 heteroatoms. The number of nitrogens with zero attached hydrogens (tertiary/aromatic N) is 1. The van der Waals surface area contributed by atoms with Gasteiger partial charge in [-0.1, -0.05) is 35.9 Å². The van der Waals surface area contributed by atoms with Crippen molar-refractivity contribution in [3.63, 3.8) is 0 Å². The average Bonchev–Trinajstić information content (AvgIpc) is 3.15. The molecule has 0 fully saturated rings. The molecule has 0 unspecified atom stereocenters. The standard InChI is InChI=1S/C18H14N2O3/c1-11-2-5-13(6-3-11)17-19-14(18(21)20-17)8-12-4-7-15-16(9-12)23-10-22-15/h2-9H,10H2,1H3,(H,19,20,21)/b14-8+. The molecule has 0 atom stereocenters. The quantitative estimate of drug-likeness (QED) is 0.868. The minimum absolute atomic E-state index is 0.210. The van der Waals surface area contributed by atoms with Crippen LogP contribution in [0.3, 0.4) is 0 Å². The minimum Gasteiger partial charge on any atom is -0.454 e. The van der Waals surface area contributed by atoms with E-state index >= 15 is 0 Å². The van der Waals surface area contributed by atoms with Gasteiger partial charge in [-0.15, -0.1) is 0 Å². The Bertz CT molecular complexity index is 851. The van der Waals surface area contributed by atoms with Crippen molar-refractivity contribution in [1.82, 2.24) is 5.32 Å². The highest BCUT2D eigenvalue weighted by Gasteiger charge is 2.21. The van der Waals surface area contributed by atoms with Crippen molar-refractivity contribution in [3.05, 3.63) is 64.9 Å². The van der Waals surface area contributed by atoms with Crippen LogP contribution in [0.25, 0.3) is 6.08 Å². The maximum absolute atomic E-state index is 12.1. The van der Waals surface area contributed by atoms with Gasteiger partial charge in [-0.05, 0) is 30.7 Å². The van der Waals surface area contributed by atoms with E-state index in [0.29, 0.717) is 23.0 Å². The van der Waals surface area contributed by atoms with Gasteiger partial charge < -0.3 is 14.8 Å². The summed E-state index contributed by atoms with van der Waals surface area (Å²) in [4.78, 5) is 16.5. The van der Waals surface area contributed by atoms with E-state index in [1.54, 1.807) is 6.08 Å². The molecule has 0 saturated carbocycles. The summed E-state index contributed by atoms with van der Waals surface area (Å²) < 4.78 is 10.6. The average molecular weight is 306 g/mol. The summed E-state index contributed by atoms with van der Waals surface area (Å²) in [6, 6.07) is 13.4. The second kappa shape index (κ2) is 5.28. The van der Waals surface area contributed by atoms with Gasteiger partial charge in [0, 0.05) is 5.56 Å². The number of carbonyl (C=O) groups excluding carboxylic acids is 1. The lowest BCUT2D eigenvalue weighted by molar-refractivity contribution is -0.115. The fourth-order valence-corrected chi connectivity index (χ4v) is 2.48. The molecule has 0 aromatic heterocycles. The first kappa shape index (κ1) is 13.6. The third-order valence-electron chi connectivity index (χ3n) is 3.72. The fraction of sp³-hybridized carbons (Fsp3) is 0.111. The Hall–Kier alpha value is -3.08. The van der Waals surface area contributed by atoms with Crippen molar-refractivity contribution in [2.24, 2.45) is 4.99 Å². The molecule has 2 aliphatic heterocycles. The van der Waals surface area contributed by atoms with Crippen LogP contribution in [-0.2, 0) is 4.79 Å². The van der Waals surface area contributed by atoms with E-state index in [1.807, 2.05) is 49.4 Å². The lowest BCUT2D eigenvalue weighted by Crippen LogP contribution is -2.24. The van der Waals surface area contributed by atoms with Crippen molar-refractivity contribution >= 4 is 17.8 Å². The fourth-order valence-electron chi connectivity index (χ4n) is 2.48. The van der Waals surface area contributed by atoms with Crippen molar-refractivity contribution < 1.29 is 14.3 Å². The van der Waals surface area contributed by atoms with E-state index in [-0.39, 0.29) is 12.7 Å². The van der Waals surface area contributed by atoms with Crippen LogP contribution in [-0.4, -0.2) is 18.5 Å². The maximum Gasteiger partial charge on any atom is 0.275 e. The Morgan fingerprint density at radius 2 is 1.87 bits per heavy atom. The van der Waals surface area contributed by atoms with E-state index in [9.17, 15) is 4.79 Å². The molecular formula is C18H14N2O3. The molecule has 4 rings (SSSR count). The number of hydrogen-bond donors (Lipinski definition) is 1. The molecule has 2 aromatic carbocycles. The zero-order valence-electron chi connectivity index (χ0n) is 12.5. The molecule has 5 nitrogen and oxygen atoms in total. The van der Waals surface area contributed by atoms with Crippen LogP contribution in [0.15, 0.2) is 53.2 Å². The molecule has 0 radical (unpaired) electrons. The monoisotopic (exact) mass is 306 g/mol. The van der Waals surface area contributed by atoms with Gasteiger partial charge in [0.15, 0.2) is 11.5 Å². The van der Waals surface area contributed by atoms with E-state index in [2.05, 4.69) is 10.3 Å². The highest BCUT2D eigenvalue weighted by atomic mass is 16.7. The number of nitrogens with one attached hydrogen (secondary N) is 1. The second-order valence-corrected chi connectivity index (χ2v) is 5.42. The number of benzene rings is 2. The number of carbonyl (C=O) groups is 1. The van der Waals surface area contributed by atoms with Gasteiger partial charge >= 0.3 is 0 Å². The SMILES string of the molecule is Cc1ccc(C2=N/C(=C/c3ccc4c(c3)OCO4)C(=O)N2)cc1. The summed E-state index contributed by atoms with van der Waals surface area (Å²) in [5.74, 6) is 1.76. The highest BCUT2D eigenvalue weighted by Crippen LogP contribution is 2.33. The number of aliphatic imine (C=N–C) groups is 1. The number of fused-ring (bicyclic) bond motifs is 1. The molecule has 2 aromatic rings. The minimum atomic E-state index is -0.210. The number of amidine groups is 1. The molecule has 2 aliphatic rings. The number of aryl methyl sites for hydroxylation is 1. The number of rotatable bonds is 2. The van der Waals surface area contributed by atoms with Crippen molar-refractivity contribution in [1.29, 1.82) is 0 Å². The first-order valence-corrected chi connectivity index (χ1v) is 7.27. The van der Waals surface area contributed by atoms with Gasteiger partial charge in [-0.2, -0.15) is 0 Å². The van der Waals surface area contributed by atoms with Gasteiger partial charge in [-0.3, -0.25) is 4.79 Å². The molecule has 0 saturated heterocycles. The number of hydrogen-bond acceptors (Lipinski definition) is 4. The first-order valence-electron chi connectivity index (χ1n) is 7.27. The van der Waals surface area contributed by atoms with Gasteiger partial charge in [0.05, 0.1) is 0 Å². The van der Waals surface area contributed by atoms with Gasteiger partial charge in [0.2, 0.25) is 6.79 Å². The summed E-state index contributed by atoms with van der Waals surface area (Å²) in [5, 5.41) is 2.80. The first-order chi connectivity index (χ1) is 11.2. The number of ether oxygens (including phenoxy) is 2. The lowest BCUT2D eigenvalue weighted by Gasteiger charge is -2.00. The van der Waals surface area contributed by atoms with Crippen LogP contribution in [0.2, 0.25) is 0 Å². The number of amides is 1. The van der Waals surface area contributed by atoms with Gasteiger partial charge in [-0.25, -0.2) is 4.99 Å². The van der Waals surface area contributed by atoms with E-state index < -0.39 is 0 Å². The largest absolute Gasteiger partial charge is 0.454 e. The van der Waals surface area contributed by atoms with Crippen molar-refractivity contribution in [3.8, 4) is 11.5 Å². The van der Waals surface area contributed by atoms with E-state index in [4.69, 9.17) is 9.47 Å². The third kappa shape index (κ3) is 2.57. The maximum atomic E-state index is 12.1. The third-order valence-corrected chi connectivity index (χ3v) is 3.72. The summed E-state index contributed by atoms with van der Waals surface area (Å²) in [6.45, 7) is 2.25. The topological polar surface area (TPSA) is 59.9 Å². The predicted octanol–water partition coefficient (Wildman–Crippen LogP) is 2.64. The second-order valence-electron chi connectivity index (χ2n) is 5.42. The van der Waals surface area contributed by atoms with Crippen molar-refractivity contribution in [2.45, 2.75) is 6.92 Å². The molecule has 0 aliphatic carbocycles. The summed E-state index contributed by atoms with van der Waals surface area (Å²) in [5.41, 5.74) is 3.26. The summed E-state index contributed by atoms with van der Waals surface area (Å²) in [6.07, 6.45) is 1.73. The normalized spacial score (nSPS) is 17.3. The van der Waals surface area contributed by atoms with Crippen LogP contribution in [0.4, 0.5) is 0 Å². The Morgan fingerprint density at radius 3 is 2.70 bits per heavy atom. The Morgan fingerprint density at radius 1 is 1.09 bits per heavy atom. The van der Waals surface area contributed by atoms with Gasteiger partial charge in [0.25, 0.3) is 5.91 Å². The molecule has 0 spiro atoms. The predicted molar refractivity (Wildman–Crippen MR) is 86.4 cm³/mol. The smallest absolute Gasteiger partial charge is 0.275 e. The Kier molecular flexibility index (Phi) is 3.12. The van der Waals surface area contributed by atoms with Crippen LogP contribution < -0.4 is 14.8 Å². The highest BCUT2D eigenvalue weighted by molar-refractivity contribution is 6.19. The molecule has 23 heavy (non-hydrogen) atoms. The zero-order valence-corrected chi connectivity index (χ0v) is 12.5. The Balaban J connectivity index is 1.65. The van der Waals surface area contributed by atoms with E-state index in [0.717, 1.165) is 16.7 Å². The molecule has 1 N–H and O–H groups in total. The Labute approximate surface area is 133 Å². The van der Waals surface area contributed by atoms with Crippen molar-refractivity contribution in [2.75, 3.05) is 6.79 Å². The molecular weight excluding hydrogens is 292 g/mol. The molecule has 1 amide bonds. The zero-order chi connectivity index (χ0) is 15.8. The van der Waals surface area contributed by atoms with E-state index in [1.165, 1.54) is 0 Å². The van der Waals surface area contributed by atoms with Crippen LogP contribution >= 0.6 is 0 Å². The van der Waals surface area contributed by atoms with Crippen LogP contribution in [0.5, 0.6) is 11.5 Å².